The molecule has 2 aromatic carbocycles. The molecule has 0 aliphatic carbocycles. The van der Waals surface area contributed by atoms with E-state index in [-0.39, 0.29) is 23.7 Å². The Morgan fingerprint density at radius 2 is 2.00 bits per heavy atom. The van der Waals surface area contributed by atoms with Crippen molar-refractivity contribution in [1.82, 2.24) is 0 Å². The first kappa shape index (κ1) is 18.4. The minimum absolute atomic E-state index is 0.000596. The molecule has 0 spiro atoms. The van der Waals surface area contributed by atoms with Crippen LogP contribution in [0.15, 0.2) is 42.5 Å². The number of ether oxygens (including phenoxy) is 3. The largest absolute Gasteiger partial charge is 0.493 e. The van der Waals surface area contributed by atoms with Crippen molar-refractivity contribution in [3.63, 3.8) is 0 Å². The highest BCUT2D eigenvalue weighted by molar-refractivity contribution is 6.07. The second kappa shape index (κ2) is 7.90. The van der Waals surface area contributed by atoms with Gasteiger partial charge in [0.15, 0.2) is 11.5 Å². The number of carbonyl (C=O) groups is 2. The van der Waals surface area contributed by atoms with Crippen molar-refractivity contribution in [3.05, 3.63) is 48.0 Å². The van der Waals surface area contributed by atoms with Crippen LogP contribution < -0.4 is 19.7 Å². The van der Waals surface area contributed by atoms with Crippen molar-refractivity contribution in [2.75, 3.05) is 30.5 Å². The van der Waals surface area contributed by atoms with Gasteiger partial charge in [-0.15, -0.1) is 0 Å². The predicted octanol–water partition coefficient (Wildman–Crippen LogP) is 3.51. The lowest BCUT2D eigenvalue weighted by molar-refractivity contribution is -0.0512. The molecule has 3 rings (SSSR count). The SMILES string of the molecule is COc1cc(C(=O)Nc2ccccc2N2CCOC2=O)ccc1OC(F)F. The monoisotopic (exact) mass is 378 g/mol. The Kier molecular flexibility index (Phi) is 5.39. The number of amides is 2. The van der Waals surface area contributed by atoms with Crippen LogP contribution in [0.5, 0.6) is 11.5 Å². The smallest absolute Gasteiger partial charge is 0.414 e. The van der Waals surface area contributed by atoms with E-state index >= 15 is 0 Å². The lowest BCUT2D eigenvalue weighted by Gasteiger charge is -2.18. The predicted molar refractivity (Wildman–Crippen MR) is 92.7 cm³/mol. The van der Waals surface area contributed by atoms with Gasteiger partial charge in [-0.2, -0.15) is 8.78 Å². The molecule has 2 amide bonds. The van der Waals surface area contributed by atoms with Gasteiger partial charge in [-0.3, -0.25) is 9.69 Å². The Labute approximate surface area is 153 Å². The number of halogens is 2. The van der Waals surface area contributed by atoms with Crippen LogP contribution in [0.3, 0.4) is 0 Å². The molecule has 1 N–H and O–H groups in total. The lowest BCUT2D eigenvalue weighted by atomic mass is 10.1. The number of nitrogens with zero attached hydrogens (tertiary/aromatic N) is 1. The van der Waals surface area contributed by atoms with Gasteiger partial charge >= 0.3 is 12.7 Å². The molecule has 1 fully saturated rings. The minimum Gasteiger partial charge on any atom is -0.493 e. The van der Waals surface area contributed by atoms with Gasteiger partial charge in [0, 0.05) is 5.56 Å². The Morgan fingerprint density at radius 3 is 2.67 bits per heavy atom. The summed E-state index contributed by atoms with van der Waals surface area (Å²) >= 11 is 0. The lowest BCUT2D eigenvalue weighted by Crippen LogP contribution is -2.25. The quantitative estimate of drug-likeness (QED) is 0.833. The maximum Gasteiger partial charge on any atom is 0.414 e. The zero-order valence-electron chi connectivity index (χ0n) is 14.3. The van der Waals surface area contributed by atoms with Crippen molar-refractivity contribution in [2.24, 2.45) is 0 Å². The van der Waals surface area contributed by atoms with Gasteiger partial charge in [0.2, 0.25) is 0 Å². The third kappa shape index (κ3) is 4.08. The van der Waals surface area contributed by atoms with Crippen LogP contribution in [0.4, 0.5) is 25.0 Å². The number of methoxy groups -OCH3 is 1. The van der Waals surface area contributed by atoms with Crippen LogP contribution in [0, 0.1) is 0 Å². The summed E-state index contributed by atoms with van der Waals surface area (Å²) in [6.07, 6.45) is -0.494. The van der Waals surface area contributed by atoms with Crippen molar-refractivity contribution in [1.29, 1.82) is 0 Å². The average Bonchev–Trinajstić information content (AvgIpc) is 3.07. The van der Waals surface area contributed by atoms with Gasteiger partial charge in [0.25, 0.3) is 5.91 Å². The summed E-state index contributed by atoms with van der Waals surface area (Å²) in [4.78, 5) is 25.8. The molecule has 0 atom stereocenters. The summed E-state index contributed by atoms with van der Waals surface area (Å²) < 4.78 is 39.1. The molecule has 7 nitrogen and oxygen atoms in total. The summed E-state index contributed by atoms with van der Waals surface area (Å²) in [6, 6.07) is 10.6. The Hall–Kier alpha value is -3.36. The Bertz CT molecular complexity index is 859. The Morgan fingerprint density at radius 1 is 1.22 bits per heavy atom. The van der Waals surface area contributed by atoms with Gasteiger partial charge in [-0.25, -0.2) is 4.79 Å². The van der Waals surface area contributed by atoms with Crippen LogP contribution in [-0.4, -0.2) is 38.9 Å². The summed E-state index contributed by atoms with van der Waals surface area (Å²) in [5.74, 6) is -0.680. The van der Waals surface area contributed by atoms with E-state index in [1.807, 2.05) is 0 Å². The molecule has 142 valence electrons. The van der Waals surface area contributed by atoms with Crippen LogP contribution in [0.25, 0.3) is 0 Å². The third-order valence-corrected chi connectivity index (χ3v) is 3.85. The molecular weight excluding hydrogens is 362 g/mol. The molecule has 1 aliphatic rings. The average molecular weight is 378 g/mol. The van der Waals surface area contributed by atoms with E-state index < -0.39 is 18.6 Å². The number of nitrogens with one attached hydrogen (secondary N) is 1. The zero-order chi connectivity index (χ0) is 19.4. The first-order chi connectivity index (χ1) is 13.0. The molecule has 9 heteroatoms. The minimum atomic E-state index is -3.01. The maximum atomic E-state index is 12.6. The summed E-state index contributed by atoms with van der Waals surface area (Å²) in [5.41, 5.74) is 1.08. The van der Waals surface area contributed by atoms with E-state index in [9.17, 15) is 18.4 Å². The normalized spacial score (nSPS) is 13.5. The molecule has 2 aromatic rings. The highest BCUT2D eigenvalue weighted by atomic mass is 19.3. The fourth-order valence-corrected chi connectivity index (χ4v) is 2.62. The molecule has 1 heterocycles. The zero-order valence-corrected chi connectivity index (χ0v) is 14.3. The number of benzene rings is 2. The van der Waals surface area contributed by atoms with E-state index in [2.05, 4.69) is 10.1 Å². The molecule has 0 aromatic heterocycles. The summed E-state index contributed by atoms with van der Waals surface area (Å²) in [7, 11) is 1.28. The number of hydrogen-bond acceptors (Lipinski definition) is 5. The van der Waals surface area contributed by atoms with E-state index in [1.165, 1.54) is 30.2 Å². The molecular formula is C18H16F2N2O5. The van der Waals surface area contributed by atoms with Crippen molar-refractivity contribution >= 4 is 23.4 Å². The van der Waals surface area contributed by atoms with Gasteiger partial charge in [0.1, 0.15) is 6.61 Å². The fraction of sp³-hybridized carbons (Fsp3) is 0.222. The highest BCUT2D eigenvalue weighted by Gasteiger charge is 2.26. The van der Waals surface area contributed by atoms with E-state index in [0.717, 1.165) is 0 Å². The fourth-order valence-electron chi connectivity index (χ4n) is 2.62. The van der Waals surface area contributed by atoms with E-state index in [0.29, 0.717) is 17.9 Å². The van der Waals surface area contributed by atoms with Gasteiger partial charge in [0.05, 0.1) is 25.0 Å². The standard InChI is InChI=1S/C18H16F2N2O5/c1-25-15-10-11(6-7-14(15)27-17(19)20)16(23)21-12-4-2-3-5-13(12)22-8-9-26-18(22)24/h2-7,10,17H,8-9H2,1H3,(H,21,23). The van der Waals surface area contributed by atoms with Crippen molar-refractivity contribution in [3.8, 4) is 11.5 Å². The van der Waals surface area contributed by atoms with Crippen molar-refractivity contribution in [2.45, 2.75) is 6.61 Å². The molecule has 0 unspecified atom stereocenters. The molecule has 1 saturated heterocycles. The number of alkyl halides is 2. The van der Waals surface area contributed by atoms with Crippen LogP contribution in [-0.2, 0) is 4.74 Å². The number of cyclic esters (lactones) is 1. The second-order valence-corrected chi connectivity index (χ2v) is 5.48. The number of anilines is 2. The summed E-state index contributed by atoms with van der Waals surface area (Å²) in [5, 5.41) is 2.70. The van der Waals surface area contributed by atoms with E-state index in [1.54, 1.807) is 24.3 Å². The third-order valence-electron chi connectivity index (χ3n) is 3.85. The van der Waals surface area contributed by atoms with Crippen LogP contribution in [0.1, 0.15) is 10.4 Å². The molecule has 0 bridgehead atoms. The van der Waals surface area contributed by atoms with Gasteiger partial charge in [-0.1, -0.05) is 12.1 Å². The van der Waals surface area contributed by atoms with Crippen LogP contribution in [0.2, 0.25) is 0 Å². The summed E-state index contributed by atoms with van der Waals surface area (Å²) in [6.45, 7) is -2.37. The number of rotatable bonds is 6. The van der Waals surface area contributed by atoms with Gasteiger partial charge < -0.3 is 19.5 Å². The molecule has 27 heavy (non-hydrogen) atoms. The topological polar surface area (TPSA) is 77.1 Å². The number of para-hydroxylation sites is 2. The van der Waals surface area contributed by atoms with Crippen molar-refractivity contribution < 1.29 is 32.6 Å². The second-order valence-electron chi connectivity index (χ2n) is 5.48. The molecule has 1 aliphatic heterocycles. The highest BCUT2D eigenvalue weighted by Crippen LogP contribution is 2.31. The number of hydrogen-bond donors (Lipinski definition) is 1. The Balaban J connectivity index is 1.83. The van der Waals surface area contributed by atoms with Crippen LogP contribution >= 0.6 is 0 Å². The first-order valence-electron chi connectivity index (χ1n) is 7.97. The first-order valence-corrected chi connectivity index (χ1v) is 7.97. The molecule has 0 radical (unpaired) electrons. The van der Waals surface area contributed by atoms with Gasteiger partial charge in [-0.05, 0) is 30.3 Å². The number of carbonyl (C=O) groups excluding carboxylic acids is 2. The van der Waals surface area contributed by atoms with E-state index in [4.69, 9.17) is 9.47 Å². The molecule has 0 saturated carbocycles. The maximum absolute atomic E-state index is 12.6.